The number of ether oxygens (including phenoxy) is 2. The Morgan fingerprint density at radius 1 is 1.48 bits per heavy atom. The van der Waals surface area contributed by atoms with E-state index in [2.05, 4.69) is 4.90 Å². The number of likely N-dealkylation sites (tertiary alicyclic amines) is 1. The number of carbonyl (C=O) groups is 1. The van der Waals surface area contributed by atoms with E-state index in [0.29, 0.717) is 6.61 Å². The van der Waals surface area contributed by atoms with Gasteiger partial charge in [0.05, 0.1) is 12.7 Å². The summed E-state index contributed by atoms with van der Waals surface area (Å²) in [5, 5.41) is 0. The van der Waals surface area contributed by atoms with Crippen LogP contribution in [0.2, 0.25) is 0 Å². The molecule has 2 fully saturated rings. The molecular formula is C19H27FN2O3. The van der Waals surface area contributed by atoms with Crippen molar-refractivity contribution in [2.24, 2.45) is 5.41 Å². The topological polar surface area (TPSA) is 42.0 Å². The van der Waals surface area contributed by atoms with Crippen LogP contribution in [0.3, 0.4) is 0 Å². The van der Waals surface area contributed by atoms with Crippen molar-refractivity contribution in [2.45, 2.75) is 25.5 Å². The molecule has 2 aliphatic heterocycles. The van der Waals surface area contributed by atoms with Gasteiger partial charge in [0.1, 0.15) is 12.4 Å². The molecular weight excluding hydrogens is 323 g/mol. The fourth-order valence-corrected chi connectivity index (χ4v) is 3.85. The fourth-order valence-electron chi connectivity index (χ4n) is 3.85. The predicted octanol–water partition coefficient (Wildman–Crippen LogP) is 1.91. The van der Waals surface area contributed by atoms with Crippen LogP contribution >= 0.6 is 0 Å². The number of piperidine rings is 1. The number of carbonyl (C=O) groups excluding carboxylic acids is 1. The number of fused-ring (bicyclic) bond motifs is 1. The summed E-state index contributed by atoms with van der Waals surface area (Å²) in [7, 11) is 3.46. The minimum absolute atomic E-state index is 0.0284. The molecule has 0 saturated carbocycles. The predicted molar refractivity (Wildman–Crippen MR) is 92.6 cm³/mol. The molecule has 1 amide bonds. The largest absolute Gasteiger partial charge is 0.377 e. The zero-order valence-electron chi connectivity index (χ0n) is 15.0. The normalized spacial score (nSPS) is 26.4. The molecule has 2 heterocycles. The zero-order chi connectivity index (χ0) is 17.9. The number of amides is 1. The molecule has 2 atom stereocenters. The van der Waals surface area contributed by atoms with Gasteiger partial charge in [0, 0.05) is 45.8 Å². The standard InChI is InChI=1S/C19H27FN2O3/c1-21(2)18(23)12-24-14-19-7-9-25-17(19)6-8-22(13-19)11-15-4-3-5-16(20)10-15/h3-5,10,17H,6-9,11-14H2,1-2H3/t17-,19+/m1/s1. The molecule has 1 aromatic carbocycles. The van der Waals surface area contributed by atoms with Crippen molar-refractivity contribution in [3.63, 3.8) is 0 Å². The lowest BCUT2D eigenvalue weighted by Crippen LogP contribution is -2.51. The summed E-state index contributed by atoms with van der Waals surface area (Å²) in [4.78, 5) is 15.6. The molecule has 3 rings (SSSR count). The number of benzene rings is 1. The molecule has 2 aliphatic rings. The van der Waals surface area contributed by atoms with E-state index in [9.17, 15) is 9.18 Å². The smallest absolute Gasteiger partial charge is 0.248 e. The van der Waals surface area contributed by atoms with E-state index in [1.54, 1.807) is 26.2 Å². The van der Waals surface area contributed by atoms with Crippen LogP contribution in [0.15, 0.2) is 24.3 Å². The van der Waals surface area contributed by atoms with Gasteiger partial charge >= 0.3 is 0 Å². The molecule has 2 saturated heterocycles. The maximum absolute atomic E-state index is 13.4. The van der Waals surface area contributed by atoms with Gasteiger partial charge in [-0.3, -0.25) is 9.69 Å². The van der Waals surface area contributed by atoms with E-state index in [-0.39, 0.29) is 29.9 Å². The van der Waals surface area contributed by atoms with Crippen molar-refractivity contribution in [1.82, 2.24) is 9.80 Å². The van der Waals surface area contributed by atoms with Gasteiger partial charge in [-0.1, -0.05) is 12.1 Å². The molecule has 0 aromatic heterocycles. The van der Waals surface area contributed by atoms with Gasteiger partial charge in [-0.25, -0.2) is 4.39 Å². The van der Waals surface area contributed by atoms with Crippen molar-refractivity contribution in [2.75, 3.05) is 47.0 Å². The van der Waals surface area contributed by atoms with Gasteiger partial charge < -0.3 is 14.4 Å². The third kappa shape index (κ3) is 4.37. The summed E-state index contributed by atoms with van der Waals surface area (Å²) < 4.78 is 25.1. The van der Waals surface area contributed by atoms with Gasteiger partial charge in [-0.05, 0) is 30.5 Å². The van der Waals surface area contributed by atoms with E-state index < -0.39 is 0 Å². The van der Waals surface area contributed by atoms with E-state index >= 15 is 0 Å². The first-order valence-electron chi connectivity index (χ1n) is 8.85. The highest BCUT2D eigenvalue weighted by atomic mass is 19.1. The summed E-state index contributed by atoms with van der Waals surface area (Å²) in [5.74, 6) is -0.226. The van der Waals surface area contributed by atoms with Crippen LogP contribution in [0, 0.1) is 11.2 Å². The van der Waals surface area contributed by atoms with Crippen molar-refractivity contribution in [3.05, 3.63) is 35.6 Å². The molecule has 0 bridgehead atoms. The van der Waals surface area contributed by atoms with Crippen molar-refractivity contribution >= 4 is 5.91 Å². The summed E-state index contributed by atoms with van der Waals surface area (Å²) in [5.41, 5.74) is 0.911. The summed E-state index contributed by atoms with van der Waals surface area (Å²) >= 11 is 0. The quantitative estimate of drug-likeness (QED) is 0.786. The van der Waals surface area contributed by atoms with Gasteiger partial charge in [0.25, 0.3) is 0 Å². The van der Waals surface area contributed by atoms with Gasteiger partial charge in [0.15, 0.2) is 0 Å². The average molecular weight is 350 g/mol. The Morgan fingerprint density at radius 3 is 3.08 bits per heavy atom. The second kappa shape index (κ2) is 7.81. The first-order chi connectivity index (χ1) is 12.0. The average Bonchev–Trinajstić information content (AvgIpc) is 2.97. The molecule has 1 aromatic rings. The van der Waals surface area contributed by atoms with Crippen LogP contribution in [0.5, 0.6) is 0 Å². The second-order valence-corrected chi connectivity index (χ2v) is 7.38. The lowest BCUT2D eigenvalue weighted by atomic mass is 9.77. The molecule has 0 N–H and O–H groups in total. The van der Waals surface area contributed by atoms with Crippen LogP contribution in [0.25, 0.3) is 0 Å². The Hall–Kier alpha value is -1.50. The molecule has 0 spiro atoms. The van der Waals surface area contributed by atoms with Crippen molar-refractivity contribution < 1.29 is 18.7 Å². The number of hydrogen-bond acceptors (Lipinski definition) is 4. The SMILES string of the molecule is CN(C)C(=O)COC[C@@]12CCO[C@@H]1CCN(Cc1cccc(F)c1)C2. The Morgan fingerprint density at radius 2 is 2.32 bits per heavy atom. The number of nitrogens with zero attached hydrogens (tertiary/aromatic N) is 2. The maximum atomic E-state index is 13.4. The molecule has 0 radical (unpaired) electrons. The monoisotopic (exact) mass is 350 g/mol. The third-order valence-electron chi connectivity index (χ3n) is 5.26. The number of rotatable bonds is 6. The molecule has 6 heteroatoms. The van der Waals surface area contributed by atoms with Gasteiger partial charge in [-0.15, -0.1) is 0 Å². The lowest BCUT2D eigenvalue weighted by molar-refractivity contribution is -0.136. The molecule has 138 valence electrons. The Bertz CT molecular complexity index is 610. The Labute approximate surface area is 148 Å². The highest BCUT2D eigenvalue weighted by Gasteiger charge is 2.48. The third-order valence-corrected chi connectivity index (χ3v) is 5.26. The van der Waals surface area contributed by atoms with E-state index in [0.717, 1.165) is 44.6 Å². The van der Waals surface area contributed by atoms with Crippen LogP contribution in [0.1, 0.15) is 18.4 Å². The van der Waals surface area contributed by atoms with Gasteiger partial charge in [-0.2, -0.15) is 0 Å². The van der Waals surface area contributed by atoms with Crippen molar-refractivity contribution in [1.29, 1.82) is 0 Å². The minimum Gasteiger partial charge on any atom is -0.377 e. The number of likely N-dealkylation sites (N-methyl/N-ethyl adjacent to an activating group) is 1. The first-order valence-corrected chi connectivity index (χ1v) is 8.85. The summed E-state index contributed by atoms with van der Waals surface area (Å²) in [6.07, 6.45) is 2.07. The highest BCUT2D eigenvalue weighted by Crippen LogP contribution is 2.41. The van der Waals surface area contributed by atoms with Crippen LogP contribution in [-0.4, -0.2) is 68.8 Å². The highest BCUT2D eigenvalue weighted by molar-refractivity contribution is 5.76. The van der Waals surface area contributed by atoms with Crippen molar-refractivity contribution in [3.8, 4) is 0 Å². The summed E-state index contributed by atoms with van der Waals surface area (Å²) in [6, 6.07) is 6.77. The summed E-state index contributed by atoms with van der Waals surface area (Å²) in [6.45, 7) is 3.87. The van der Waals surface area contributed by atoms with E-state index in [1.165, 1.54) is 11.0 Å². The second-order valence-electron chi connectivity index (χ2n) is 7.38. The number of hydrogen-bond donors (Lipinski definition) is 0. The maximum Gasteiger partial charge on any atom is 0.248 e. The van der Waals surface area contributed by atoms with E-state index in [1.807, 2.05) is 6.07 Å². The van der Waals surface area contributed by atoms with Crippen LogP contribution in [0.4, 0.5) is 4.39 Å². The number of halogens is 1. The zero-order valence-corrected chi connectivity index (χ0v) is 15.0. The fraction of sp³-hybridized carbons (Fsp3) is 0.632. The van der Waals surface area contributed by atoms with Crippen LogP contribution in [-0.2, 0) is 20.8 Å². The lowest BCUT2D eigenvalue weighted by Gasteiger charge is -2.43. The molecule has 0 unspecified atom stereocenters. The van der Waals surface area contributed by atoms with E-state index in [4.69, 9.17) is 9.47 Å². The Balaban J connectivity index is 1.61. The molecule has 5 nitrogen and oxygen atoms in total. The molecule has 25 heavy (non-hydrogen) atoms. The minimum atomic E-state index is -0.197. The molecule has 0 aliphatic carbocycles. The first kappa shape index (κ1) is 18.3. The Kier molecular flexibility index (Phi) is 5.71. The van der Waals surface area contributed by atoms with Crippen LogP contribution < -0.4 is 0 Å². The van der Waals surface area contributed by atoms with Gasteiger partial charge in [0.2, 0.25) is 5.91 Å².